The Morgan fingerprint density at radius 2 is 1.54 bits per heavy atom. The van der Waals surface area contributed by atoms with Crippen LogP contribution < -0.4 is 4.74 Å². The van der Waals surface area contributed by atoms with E-state index < -0.39 is 5.97 Å². The summed E-state index contributed by atoms with van der Waals surface area (Å²) in [5.74, 6) is 0.474. The molecule has 0 fully saturated rings. The summed E-state index contributed by atoms with van der Waals surface area (Å²) in [5, 5.41) is 0.589. The predicted molar refractivity (Wildman–Crippen MR) is 94.2 cm³/mol. The van der Waals surface area contributed by atoms with E-state index in [4.69, 9.17) is 21.1 Å². The maximum absolute atomic E-state index is 12.2. The number of esters is 1. The van der Waals surface area contributed by atoms with Crippen molar-refractivity contribution in [2.45, 2.75) is 27.7 Å². The fourth-order valence-corrected chi connectivity index (χ4v) is 2.23. The number of hydrogen-bond acceptors (Lipinski definition) is 4. The first kappa shape index (κ1) is 20.3. The first-order valence-corrected chi connectivity index (χ1v) is 8.47. The molecule has 1 rings (SSSR count). The number of halogens is 1. The van der Waals surface area contributed by atoms with Gasteiger partial charge in [-0.2, -0.15) is 0 Å². The highest BCUT2D eigenvalue weighted by Gasteiger charge is 2.18. The average molecular weight is 356 g/mol. The fourth-order valence-electron chi connectivity index (χ4n) is 2.11. The number of carbonyl (C=O) groups is 2. The van der Waals surface area contributed by atoms with E-state index in [-0.39, 0.29) is 19.1 Å². The summed E-state index contributed by atoms with van der Waals surface area (Å²) in [6.07, 6.45) is 0. The van der Waals surface area contributed by atoms with Crippen LogP contribution in [0.2, 0.25) is 5.02 Å². The molecule has 0 atom stereocenters. The molecule has 1 aromatic rings. The molecule has 0 aliphatic carbocycles. The zero-order valence-corrected chi connectivity index (χ0v) is 15.5. The van der Waals surface area contributed by atoms with Crippen molar-refractivity contribution in [2.75, 3.05) is 26.3 Å². The van der Waals surface area contributed by atoms with Crippen molar-refractivity contribution in [2.24, 2.45) is 11.8 Å². The van der Waals surface area contributed by atoms with Crippen LogP contribution in [0.3, 0.4) is 0 Å². The molecule has 134 valence electrons. The van der Waals surface area contributed by atoms with Crippen LogP contribution >= 0.6 is 11.6 Å². The monoisotopic (exact) mass is 355 g/mol. The van der Waals surface area contributed by atoms with Crippen LogP contribution in [0.4, 0.5) is 0 Å². The standard InChI is InChI=1S/C18H26ClNO4/c1-13(2)9-20(10-14(3)4)17(21)11-24-18(22)12-23-16-7-5-15(19)6-8-16/h5-8,13-14H,9-12H2,1-4H3. The maximum Gasteiger partial charge on any atom is 0.344 e. The van der Waals surface area contributed by atoms with Crippen LogP contribution in [0.1, 0.15) is 27.7 Å². The first-order chi connectivity index (χ1) is 11.3. The first-order valence-electron chi connectivity index (χ1n) is 8.09. The Labute approximate surface area is 148 Å². The van der Waals surface area contributed by atoms with Gasteiger partial charge in [0, 0.05) is 18.1 Å². The second-order valence-corrected chi connectivity index (χ2v) is 6.93. The van der Waals surface area contributed by atoms with Gasteiger partial charge in [0.2, 0.25) is 0 Å². The van der Waals surface area contributed by atoms with Crippen LogP contribution in [0.5, 0.6) is 5.75 Å². The van der Waals surface area contributed by atoms with Crippen molar-refractivity contribution in [3.8, 4) is 5.75 Å². The molecule has 0 heterocycles. The summed E-state index contributed by atoms with van der Waals surface area (Å²) < 4.78 is 10.3. The molecule has 24 heavy (non-hydrogen) atoms. The van der Waals surface area contributed by atoms with E-state index in [1.54, 1.807) is 29.2 Å². The summed E-state index contributed by atoms with van der Waals surface area (Å²) in [6, 6.07) is 6.66. The van der Waals surface area contributed by atoms with Crippen LogP contribution in [0, 0.1) is 11.8 Å². The average Bonchev–Trinajstić information content (AvgIpc) is 2.50. The number of rotatable bonds is 9. The molecule has 0 aliphatic rings. The highest BCUT2D eigenvalue weighted by atomic mass is 35.5. The summed E-state index contributed by atoms with van der Waals surface area (Å²) in [7, 11) is 0. The minimum atomic E-state index is -0.577. The lowest BCUT2D eigenvalue weighted by molar-refractivity contribution is -0.154. The number of nitrogens with zero attached hydrogens (tertiary/aromatic N) is 1. The molecule has 0 spiro atoms. The molecule has 1 amide bonds. The van der Waals surface area contributed by atoms with E-state index in [1.807, 2.05) is 27.7 Å². The van der Waals surface area contributed by atoms with Gasteiger partial charge in [0.1, 0.15) is 5.75 Å². The van der Waals surface area contributed by atoms with Gasteiger partial charge < -0.3 is 14.4 Å². The lowest BCUT2D eigenvalue weighted by atomic mass is 10.1. The zero-order chi connectivity index (χ0) is 18.1. The molecule has 0 unspecified atom stereocenters. The maximum atomic E-state index is 12.2. The smallest absolute Gasteiger partial charge is 0.344 e. The molecule has 0 N–H and O–H groups in total. The van der Waals surface area contributed by atoms with Gasteiger partial charge in [0.15, 0.2) is 13.2 Å². The number of amides is 1. The van der Waals surface area contributed by atoms with Gasteiger partial charge in [0.25, 0.3) is 5.91 Å². The fraction of sp³-hybridized carbons (Fsp3) is 0.556. The summed E-state index contributed by atoms with van der Waals surface area (Å²) in [6.45, 7) is 8.98. The van der Waals surface area contributed by atoms with Gasteiger partial charge in [-0.25, -0.2) is 4.79 Å². The second-order valence-electron chi connectivity index (χ2n) is 6.49. The Morgan fingerprint density at radius 3 is 2.04 bits per heavy atom. The summed E-state index contributed by atoms with van der Waals surface area (Å²) in [5.41, 5.74) is 0. The van der Waals surface area contributed by atoms with Crippen molar-refractivity contribution in [1.29, 1.82) is 0 Å². The number of ether oxygens (including phenoxy) is 2. The Morgan fingerprint density at radius 1 is 1.00 bits per heavy atom. The molecule has 1 aromatic carbocycles. The number of benzene rings is 1. The van der Waals surface area contributed by atoms with E-state index in [0.717, 1.165) is 0 Å². The summed E-state index contributed by atoms with van der Waals surface area (Å²) >= 11 is 5.77. The van der Waals surface area contributed by atoms with Gasteiger partial charge in [-0.3, -0.25) is 4.79 Å². The third-order valence-electron chi connectivity index (χ3n) is 3.05. The molecule has 0 aliphatic heterocycles. The van der Waals surface area contributed by atoms with Gasteiger partial charge in [0.05, 0.1) is 0 Å². The lowest BCUT2D eigenvalue weighted by Gasteiger charge is -2.26. The van der Waals surface area contributed by atoms with Crippen molar-refractivity contribution in [3.05, 3.63) is 29.3 Å². The number of carbonyl (C=O) groups excluding carboxylic acids is 2. The zero-order valence-electron chi connectivity index (χ0n) is 14.8. The molecule has 0 saturated carbocycles. The topological polar surface area (TPSA) is 55.8 Å². The molecule has 0 bridgehead atoms. The molecule has 0 radical (unpaired) electrons. The van der Waals surface area contributed by atoms with Crippen molar-refractivity contribution in [1.82, 2.24) is 4.90 Å². The van der Waals surface area contributed by atoms with E-state index in [0.29, 0.717) is 35.7 Å². The normalized spacial score (nSPS) is 10.8. The Kier molecular flexibility index (Phi) is 8.61. The molecule has 6 heteroatoms. The van der Waals surface area contributed by atoms with Crippen molar-refractivity contribution >= 4 is 23.5 Å². The minimum absolute atomic E-state index is 0.183. The molecule has 0 saturated heterocycles. The molecule has 5 nitrogen and oxygen atoms in total. The Bertz CT molecular complexity index is 518. The van der Waals surface area contributed by atoms with Crippen molar-refractivity contribution < 1.29 is 19.1 Å². The Balaban J connectivity index is 2.40. The van der Waals surface area contributed by atoms with Gasteiger partial charge in [-0.05, 0) is 36.1 Å². The van der Waals surface area contributed by atoms with Gasteiger partial charge in [-0.15, -0.1) is 0 Å². The number of hydrogen-bond donors (Lipinski definition) is 0. The van der Waals surface area contributed by atoms with Crippen LogP contribution in [0.15, 0.2) is 24.3 Å². The lowest BCUT2D eigenvalue weighted by Crippen LogP contribution is -2.39. The van der Waals surface area contributed by atoms with E-state index in [2.05, 4.69) is 0 Å². The van der Waals surface area contributed by atoms with Crippen LogP contribution in [-0.2, 0) is 14.3 Å². The van der Waals surface area contributed by atoms with E-state index in [9.17, 15) is 9.59 Å². The molecule has 0 aromatic heterocycles. The highest BCUT2D eigenvalue weighted by molar-refractivity contribution is 6.30. The largest absolute Gasteiger partial charge is 0.482 e. The van der Waals surface area contributed by atoms with E-state index >= 15 is 0 Å². The second kappa shape index (κ2) is 10.2. The van der Waals surface area contributed by atoms with Gasteiger partial charge in [-0.1, -0.05) is 39.3 Å². The third kappa shape index (κ3) is 8.20. The molecular weight excluding hydrogens is 330 g/mol. The highest BCUT2D eigenvalue weighted by Crippen LogP contribution is 2.15. The minimum Gasteiger partial charge on any atom is -0.482 e. The summed E-state index contributed by atoms with van der Waals surface area (Å²) in [4.78, 5) is 25.7. The van der Waals surface area contributed by atoms with Crippen LogP contribution in [0.25, 0.3) is 0 Å². The quantitative estimate of drug-likeness (QED) is 0.637. The SMILES string of the molecule is CC(C)CN(CC(C)C)C(=O)COC(=O)COc1ccc(Cl)cc1. The molecular formula is C18H26ClNO4. The predicted octanol–water partition coefficient (Wildman–Crippen LogP) is 3.40. The van der Waals surface area contributed by atoms with E-state index in [1.165, 1.54) is 0 Å². The third-order valence-corrected chi connectivity index (χ3v) is 3.30. The van der Waals surface area contributed by atoms with Crippen molar-refractivity contribution in [3.63, 3.8) is 0 Å². The Hall–Kier alpha value is -1.75. The van der Waals surface area contributed by atoms with Gasteiger partial charge >= 0.3 is 5.97 Å². The van der Waals surface area contributed by atoms with Crippen LogP contribution in [-0.4, -0.2) is 43.1 Å².